The van der Waals surface area contributed by atoms with E-state index in [0.717, 1.165) is 23.6 Å². The number of carbonyl (C=O) groups is 1. The van der Waals surface area contributed by atoms with Gasteiger partial charge in [0.2, 0.25) is 0 Å². The number of nitro benzene ring substituents is 1. The summed E-state index contributed by atoms with van der Waals surface area (Å²) in [6.07, 6.45) is 2.42. The third-order valence-electron chi connectivity index (χ3n) is 4.05. The molecule has 1 aromatic carbocycles. The highest BCUT2D eigenvalue weighted by Gasteiger charge is 2.21. The number of aromatic amines is 1. The molecule has 2 heterocycles. The summed E-state index contributed by atoms with van der Waals surface area (Å²) >= 11 is 0. The molecule has 1 saturated heterocycles. The molecule has 0 spiro atoms. The quantitative estimate of drug-likeness (QED) is 0.600. The van der Waals surface area contributed by atoms with Crippen molar-refractivity contribution in [2.24, 2.45) is 0 Å². The fourth-order valence-electron chi connectivity index (χ4n) is 2.70. The number of nitrogens with one attached hydrogen (secondary N) is 2. The standard InChI is InChI=1S/C16H16N4O6/c21-14(18-10-3-5-11(6-4-10)20(24)25)13-8-17-16(23)19(15(13)22)9-12-2-1-7-26-12/h3-6,8,12H,1-2,7,9H2,(H,17,23)(H,18,21). The van der Waals surface area contributed by atoms with E-state index >= 15 is 0 Å². The van der Waals surface area contributed by atoms with Gasteiger partial charge in [0.1, 0.15) is 5.56 Å². The van der Waals surface area contributed by atoms with Crippen LogP contribution in [0.15, 0.2) is 40.1 Å². The van der Waals surface area contributed by atoms with E-state index in [1.807, 2.05) is 0 Å². The second-order valence-electron chi connectivity index (χ2n) is 5.82. The van der Waals surface area contributed by atoms with Gasteiger partial charge in [0.15, 0.2) is 0 Å². The van der Waals surface area contributed by atoms with E-state index < -0.39 is 22.1 Å². The van der Waals surface area contributed by atoms with Gasteiger partial charge in [0.25, 0.3) is 17.2 Å². The number of hydrogen-bond donors (Lipinski definition) is 2. The van der Waals surface area contributed by atoms with Gasteiger partial charge in [0, 0.05) is 30.6 Å². The molecule has 10 nitrogen and oxygen atoms in total. The number of nitro groups is 1. The van der Waals surface area contributed by atoms with Crippen LogP contribution in [0.2, 0.25) is 0 Å². The Morgan fingerprint density at radius 3 is 2.69 bits per heavy atom. The molecule has 1 amide bonds. The number of nitrogens with zero attached hydrogens (tertiary/aromatic N) is 2. The van der Waals surface area contributed by atoms with Crippen molar-refractivity contribution in [3.8, 4) is 0 Å². The molecule has 1 fully saturated rings. The van der Waals surface area contributed by atoms with E-state index in [2.05, 4.69) is 10.3 Å². The zero-order valence-corrected chi connectivity index (χ0v) is 13.6. The first-order chi connectivity index (χ1) is 12.5. The number of H-pyrrole nitrogens is 1. The zero-order valence-electron chi connectivity index (χ0n) is 13.6. The van der Waals surface area contributed by atoms with Gasteiger partial charge in [-0.05, 0) is 25.0 Å². The third-order valence-corrected chi connectivity index (χ3v) is 4.05. The van der Waals surface area contributed by atoms with Gasteiger partial charge < -0.3 is 15.0 Å². The molecule has 0 radical (unpaired) electrons. The van der Waals surface area contributed by atoms with E-state index in [1.165, 1.54) is 24.3 Å². The van der Waals surface area contributed by atoms with Crippen LogP contribution in [0.5, 0.6) is 0 Å². The number of amides is 1. The minimum atomic E-state index is -0.721. The molecule has 10 heteroatoms. The third kappa shape index (κ3) is 3.70. The first-order valence-electron chi connectivity index (χ1n) is 7.95. The number of aromatic nitrogens is 2. The molecule has 3 rings (SSSR count). The molecule has 2 N–H and O–H groups in total. The van der Waals surface area contributed by atoms with Crippen LogP contribution in [0.4, 0.5) is 11.4 Å². The van der Waals surface area contributed by atoms with Crippen molar-refractivity contribution in [2.75, 3.05) is 11.9 Å². The molecule has 0 aliphatic carbocycles. The maximum absolute atomic E-state index is 12.5. The Balaban J connectivity index is 1.81. The SMILES string of the molecule is O=C(Nc1ccc([N+](=O)[O-])cc1)c1c[nH]c(=O)n(CC2CCCO2)c1=O. The van der Waals surface area contributed by atoms with Gasteiger partial charge in [-0.25, -0.2) is 4.79 Å². The molecule has 0 saturated carbocycles. The molecular weight excluding hydrogens is 344 g/mol. The first kappa shape index (κ1) is 17.5. The van der Waals surface area contributed by atoms with Crippen LogP contribution in [0.25, 0.3) is 0 Å². The van der Waals surface area contributed by atoms with Crippen molar-refractivity contribution in [1.29, 1.82) is 0 Å². The smallest absolute Gasteiger partial charge is 0.328 e. The molecular formula is C16H16N4O6. The van der Waals surface area contributed by atoms with Gasteiger partial charge in [-0.15, -0.1) is 0 Å². The number of benzene rings is 1. The maximum atomic E-state index is 12.5. The van der Waals surface area contributed by atoms with Gasteiger partial charge in [-0.1, -0.05) is 0 Å². The monoisotopic (exact) mass is 360 g/mol. The Bertz CT molecular complexity index is 940. The molecule has 1 unspecified atom stereocenters. The summed E-state index contributed by atoms with van der Waals surface area (Å²) in [6, 6.07) is 5.18. The minimum Gasteiger partial charge on any atom is -0.376 e. The summed E-state index contributed by atoms with van der Waals surface area (Å²) in [5, 5.41) is 13.1. The fraction of sp³-hybridized carbons (Fsp3) is 0.312. The van der Waals surface area contributed by atoms with Crippen molar-refractivity contribution in [3.63, 3.8) is 0 Å². The van der Waals surface area contributed by atoms with Crippen molar-refractivity contribution in [1.82, 2.24) is 9.55 Å². The Labute approximate surface area is 146 Å². The Hall–Kier alpha value is -3.27. The van der Waals surface area contributed by atoms with Gasteiger partial charge >= 0.3 is 5.69 Å². The lowest BCUT2D eigenvalue weighted by molar-refractivity contribution is -0.384. The second-order valence-corrected chi connectivity index (χ2v) is 5.82. The molecule has 136 valence electrons. The molecule has 0 bridgehead atoms. The van der Waals surface area contributed by atoms with Crippen LogP contribution in [0.1, 0.15) is 23.2 Å². The minimum absolute atomic E-state index is 0.0762. The van der Waals surface area contributed by atoms with Crippen molar-refractivity contribution in [3.05, 3.63) is 67.0 Å². The van der Waals surface area contributed by atoms with Crippen molar-refractivity contribution in [2.45, 2.75) is 25.5 Å². The Morgan fingerprint density at radius 1 is 1.35 bits per heavy atom. The number of non-ortho nitro benzene ring substituents is 1. The van der Waals surface area contributed by atoms with E-state index in [4.69, 9.17) is 4.74 Å². The van der Waals surface area contributed by atoms with Crippen LogP contribution in [0, 0.1) is 10.1 Å². The molecule has 26 heavy (non-hydrogen) atoms. The summed E-state index contributed by atoms with van der Waals surface area (Å²) in [4.78, 5) is 49.2. The lowest BCUT2D eigenvalue weighted by atomic mass is 10.2. The van der Waals surface area contributed by atoms with Crippen LogP contribution >= 0.6 is 0 Å². The highest BCUT2D eigenvalue weighted by Crippen LogP contribution is 2.16. The van der Waals surface area contributed by atoms with Gasteiger partial charge in [-0.3, -0.25) is 24.3 Å². The van der Waals surface area contributed by atoms with Crippen LogP contribution < -0.4 is 16.6 Å². The number of anilines is 1. The average molecular weight is 360 g/mol. The van der Waals surface area contributed by atoms with E-state index in [9.17, 15) is 24.5 Å². The van der Waals surface area contributed by atoms with Crippen molar-refractivity contribution >= 4 is 17.3 Å². The first-order valence-corrected chi connectivity index (χ1v) is 7.95. The molecule has 2 aromatic rings. The fourth-order valence-corrected chi connectivity index (χ4v) is 2.70. The number of ether oxygens (including phenoxy) is 1. The average Bonchev–Trinajstić information content (AvgIpc) is 3.12. The van der Waals surface area contributed by atoms with Gasteiger partial charge in [0.05, 0.1) is 17.6 Å². The molecule has 1 aromatic heterocycles. The summed E-state index contributed by atoms with van der Waals surface area (Å²) in [5.41, 5.74) is -1.40. The molecule has 1 atom stereocenters. The summed E-state index contributed by atoms with van der Waals surface area (Å²) in [5.74, 6) is -0.721. The summed E-state index contributed by atoms with van der Waals surface area (Å²) < 4.78 is 6.37. The summed E-state index contributed by atoms with van der Waals surface area (Å²) in [7, 11) is 0. The zero-order chi connectivity index (χ0) is 18.7. The maximum Gasteiger partial charge on any atom is 0.328 e. The van der Waals surface area contributed by atoms with Gasteiger partial charge in [-0.2, -0.15) is 0 Å². The highest BCUT2D eigenvalue weighted by molar-refractivity contribution is 6.03. The largest absolute Gasteiger partial charge is 0.376 e. The normalized spacial score (nSPS) is 16.4. The number of carbonyl (C=O) groups excluding carboxylic acids is 1. The number of hydrogen-bond acceptors (Lipinski definition) is 6. The number of rotatable bonds is 5. The van der Waals surface area contributed by atoms with E-state index in [-0.39, 0.29) is 29.6 Å². The molecule has 1 aliphatic rings. The lowest BCUT2D eigenvalue weighted by Crippen LogP contribution is -2.41. The van der Waals surface area contributed by atoms with Crippen LogP contribution in [0.3, 0.4) is 0 Å². The van der Waals surface area contributed by atoms with E-state index in [0.29, 0.717) is 6.61 Å². The predicted molar refractivity (Wildman–Crippen MR) is 91.3 cm³/mol. The molecule has 1 aliphatic heterocycles. The van der Waals surface area contributed by atoms with E-state index in [1.54, 1.807) is 0 Å². The topological polar surface area (TPSA) is 136 Å². The predicted octanol–water partition coefficient (Wildman–Crippen LogP) is 0.876. The van der Waals surface area contributed by atoms with Crippen LogP contribution in [-0.4, -0.2) is 33.1 Å². The Morgan fingerprint density at radius 2 is 2.08 bits per heavy atom. The second kappa shape index (κ2) is 7.31. The summed E-state index contributed by atoms with van der Waals surface area (Å²) in [6.45, 7) is 0.657. The van der Waals surface area contributed by atoms with Crippen LogP contribution in [-0.2, 0) is 11.3 Å². The Kier molecular flexibility index (Phi) is 4.94. The highest BCUT2D eigenvalue weighted by atomic mass is 16.6. The van der Waals surface area contributed by atoms with Crippen molar-refractivity contribution < 1.29 is 14.5 Å². The lowest BCUT2D eigenvalue weighted by Gasteiger charge is -2.12.